The third kappa shape index (κ3) is 4.95. The Hall–Kier alpha value is -2.43. The van der Waals surface area contributed by atoms with Crippen LogP contribution in [-0.2, 0) is 0 Å². The lowest BCUT2D eigenvalue weighted by molar-refractivity contribution is -0.0102. The van der Waals surface area contributed by atoms with Gasteiger partial charge in [0.05, 0.1) is 26.9 Å². The average Bonchev–Trinajstić information content (AvgIpc) is 2.85. The Morgan fingerprint density at radius 1 is 1.14 bits per heavy atom. The molecule has 1 saturated heterocycles. The molecule has 0 atom stereocenters. The number of hydrogen-bond donors (Lipinski definition) is 1. The first-order valence-electron chi connectivity index (χ1n) is 8.83. The van der Waals surface area contributed by atoms with Crippen LogP contribution in [0.1, 0.15) is 35.2 Å². The van der Waals surface area contributed by atoms with E-state index in [0.29, 0.717) is 12.2 Å². The molecule has 0 aliphatic carbocycles. The summed E-state index contributed by atoms with van der Waals surface area (Å²) in [7, 11) is 0. The van der Waals surface area contributed by atoms with Crippen LogP contribution in [0.25, 0.3) is 0 Å². The minimum absolute atomic E-state index is 0.0559. The topological polar surface area (TPSA) is 56.1 Å². The smallest absolute Gasteiger partial charge is 0.257 e. The minimum atomic E-state index is -2.75. The van der Waals surface area contributed by atoms with Crippen molar-refractivity contribution >= 4 is 40.5 Å². The molecular formula is C20H16Cl2F3N3O. The van der Waals surface area contributed by atoms with Crippen molar-refractivity contribution in [2.45, 2.75) is 25.2 Å². The summed E-state index contributed by atoms with van der Waals surface area (Å²) in [5.41, 5.74) is 0.531. The molecule has 1 heterocycles. The van der Waals surface area contributed by atoms with Crippen LogP contribution in [0, 0.1) is 17.1 Å². The van der Waals surface area contributed by atoms with Gasteiger partial charge in [-0.25, -0.2) is 13.2 Å². The van der Waals surface area contributed by atoms with Crippen molar-refractivity contribution in [2.75, 3.05) is 23.3 Å². The third-order valence-corrected chi connectivity index (χ3v) is 5.41. The Labute approximate surface area is 175 Å². The fourth-order valence-electron chi connectivity index (χ4n) is 3.17. The molecule has 152 valence electrons. The number of anilines is 2. The lowest BCUT2D eigenvalue weighted by Crippen LogP contribution is -2.28. The maximum Gasteiger partial charge on any atom is 0.257 e. The summed E-state index contributed by atoms with van der Waals surface area (Å²) in [6, 6.07) is 8.14. The molecule has 2 aromatic carbocycles. The van der Waals surface area contributed by atoms with Gasteiger partial charge < -0.3 is 10.2 Å². The van der Waals surface area contributed by atoms with E-state index in [-0.39, 0.29) is 52.7 Å². The van der Waals surface area contributed by atoms with E-state index in [4.69, 9.17) is 28.5 Å². The highest BCUT2D eigenvalue weighted by Gasteiger charge is 2.33. The number of benzene rings is 2. The number of amides is 1. The number of hydrogen-bond acceptors (Lipinski definition) is 3. The van der Waals surface area contributed by atoms with E-state index in [1.807, 2.05) is 0 Å². The van der Waals surface area contributed by atoms with Gasteiger partial charge in [-0.3, -0.25) is 4.79 Å². The van der Waals surface area contributed by atoms with E-state index >= 15 is 0 Å². The average molecular weight is 442 g/mol. The van der Waals surface area contributed by atoms with Crippen molar-refractivity contribution in [2.24, 2.45) is 0 Å². The highest BCUT2D eigenvalue weighted by Crippen LogP contribution is 2.35. The van der Waals surface area contributed by atoms with Gasteiger partial charge in [-0.15, -0.1) is 0 Å². The van der Waals surface area contributed by atoms with E-state index in [1.54, 1.807) is 11.0 Å². The van der Waals surface area contributed by atoms with Crippen molar-refractivity contribution < 1.29 is 18.0 Å². The number of carbonyl (C=O) groups excluding carboxylic acids is 1. The number of rotatable bonds is 3. The van der Waals surface area contributed by atoms with Gasteiger partial charge in [0.2, 0.25) is 5.92 Å². The second-order valence-electron chi connectivity index (χ2n) is 6.74. The lowest BCUT2D eigenvalue weighted by atomic mass is 10.1. The molecule has 2 aromatic rings. The van der Waals surface area contributed by atoms with Crippen molar-refractivity contribution in [1.82, 2.24) is 0 Å². The van der Waals surface area contributed by atoms with E-state index in [9.17, 15) is 18.0 Å². The van der Waals surface area contributed by atoms with Gasteiger partial charge >= 0.3 is 0 Å². The first-order valence-corrected chi connectivity index (χ1v) is 9.58. The fourth-order valence-corrected chi connectivity index (χ4v) is 3.49. The van der Waals surface area contributed by atoms with Crippen LogP contribution >= 0.6 is 23.2 Å². The second-order valence-corrected chi connectivity index (χ2v) is 7.55. The highest BCUT2D eigenvalue weighted by molar-refractivity contribution is 6.42. The third-order valence-electron chi connectivity index (χ3n) is 4.69. The molecule has 0 unspecified atom stereocenters. The summed E-state index contributed by atoms with van der Waals surface area (Å²) in [4.78, 5) is 14.6. The molecule has 1 aliphatic rings. The number of alkyl halides is 2. The normalized spacial score (nSPS) is 16.1. The minimum Gasteiger partial charge on any atom is -0.371 e. The molecular weight excluding hydrogens is 426 g/mol. The molecule has 0 bridgehead atoms. The summed E-state index contributed by atoms with van der Waals surface area (Å²) in [5, 5.41) is 11.9. The van der Waals surface area contributed by atoms with Gasteiger partial charge in [0.1, 0.15) is 11.9 Å². The largest absolute Gasteiger partial charge is 0.371 e. The number of nitrogens with zero attached hydrogens (tertiary/aromatic N) is 2. The molecule has 1 N–H and O–H groups in total. The first-order chi connectivity index (χ1) is 13.7. The van der Waals surface area contributed by atoms with Crippen molar-refractivity contribution in [1.29, 1.82) is 5.26 Å². The SMILES string of the molecule is N#Cc1cc(NC(=O)c2cc(Cl)c(Cl)cc2N2CCCC(F)(F)CC2)ccc1F. The van der Waals surface area contributed by atoms with E-state index in [2.05, 4.69) is 5.32 Å². The molecule has 3 rings (SSSR count). The van der Waals surface area contributed by atoms with Gasteiger partial charge in [0.15, 0.2) is 0 Å². The molecule has 9 heteroatoms. The zero-order chi connectivity index (χ0) is 21.2. The van der Waals surface area contributed by atoms with Gasteiger partial charge in [-0.05, 0) is 36.8 Å². The maximum absolute atomic E-state index is 13.7. The fraction of sp³-hybridized carbons (Fsp3) is 0.300. The summed E-state index contributed by atoms with van der Waals surface area (Å²) < 4.78 is 41.0. The maximum atomic E-state index is 13.7. The van der Waals surface area contributed by atoms with Crippen LogP contribution in [0.5, 0.6) is 0 Å². The van der Waals surface area contributed by atoms with Gasteiger partial charge in [0, 0.05) is 31.6 Å². The monoisotopic (exact) mass is 441 g/mol. The summed E-state index contributed by atoms with van der Waals surface area (Å²) >= 11 is 12.2. The quantitative estimate of drug-likeness (QED) is 0.646. The molecule has 0 radical (unpaired) electrons. The molecule has 1 fully saturated rings. The van der Waals surface area contributed by atoms with Crippen LogP contribution in [0.2, 0.25) is 10.0 Å². The number of carbonyl (C=O) groups is 1. The standard InChI is InChI=1S/C20H16Cl2F3N3O/c21-15-9-14(19(29)27-13-2-3-17(23)12(8-13)11-26)18(10-16(15)22)28-6-1-4-20(24,25)5-7-28/h2-3,8-10H,1,4-7H2,(H,27,29). The van der Waals surface area contributed by atoms with Gasteiger partial charge in [-0.2, -0.15) is 5.26 Å². The Balaban J connectivity index is 1.93. The van der Waals surface area contributed by atoms with Crippen LogP contribution in [0.3, 0.4) is 0 Å². The predicted molar refractivity (Wildman–Crippen MR) is 107 cm³/mol. The lowest BCUT2D eigenvalue weighted by Gasteiger charge is -2.26. The second kappa shape index (κ2) is 8.52. The molecule has 1 aliphatic heterocycles. The number of nitriles is 1. The summed E-state index contributed by atoms with van der Waals surface area (Å²) in [6.45, 7) is 0.392. The first kappa shape index (κ1) is 21.3. The van der Waals surface area contributed by atoms with Crippen LogP contribution in [0.15, 0.2) is 30.3 Å². The van der Waals surface area contributed by atoms with Crippen LogP contribution in [0.4, 0.5) is 24.5 Å². The van der Waals surface area contributed by atoms with E-state index < -0.39 is 17.6 Å². The van der Waals surface area contributed by atoms with E-state index in [0.717, 1.165) is 6.07 Å². The van der Waals surface area contributed by atoms with Crippen LogP contribution < -0.4 is 10.2 Å². The van der Waals surface area contributed by atoms with Crippen LogP contribution in [-0.4, -0.2) is 24.9 Å². The Morgan fingerprint density at radius 3 is 2.59 bits per heavy atom. The Bertz CT molecular complexity index is 992. The van der Waals surface area contributed by atoms with Gasteiger partial charge in [-0.1, -0.05) is 23.2 Å². The molecule has 29 heavy (non-hydrogen) atoms. The highest BCUT2D eigenvalue weighted by atomic mass is 35.5. The number of halogens is 5. The molecule has 1 amide bonds. The predicted octanol–water partition coefficient (Wildman–Crippen LogP) is 5.88. The molecule has 0 saturated carbocycles. The molecule has 0 aromatic heterocycles. The number of nitrogens with one attached hydrogen (secondary N) is 1. The van der Waals surface area contributed by atoms with E-state index in [1.165, 1.54) is 24.3 Å². The Kier molecular flexibility index (Phi) is 6.25. The summed E-state index contributed by atoms with van der Waals surface area (Å²) in [5.74, 6) is -4.04. The summed E-state index contributed by atoms with van der Waals surface area (Å²) in [6.07, 6.45) is -0.297. The molecule has 4 nitrogen and oxygen atoms in total. The van der Waals surface area contributed by atoms with Crippen molar-refractivity contribution in [3.8, 4) is 6.07 Å². The van der Waals surface area contributed by atoms with Gasteiger partial charge in [0.25, 0.3) is 5.91 Å². The molecule has 0 spiro atoms. The zero-order valence-corrected chi connectivity index (χ0v) is 16.6. The van der Waals surface area contributed by atoms with Crippen molar-refractivity contribution in [3.05, 3.63) is 57.3 Å². The van der Waals surface area contributed by atoms with Crippen molar-refractivity contribution in [3.63, 3.8) is 0 Å². The zero-order valence-electron chi connectivity index (χ0n) is 15.1. The Morgan fingerprint density at radius 2 is 1.86 bits per heavy atom.